The molecular formula is C16H28N2O3. The van der Waals surface area contributed by atoms with Crippen LogP contribution < -0.4 is 5.32 Å². The maximum absolute atomic E-state index is 12.3. The van der Waals surface area contributed by atoms with Gasteiger partial charge in [0, 0.05) is 19.1 Å². The molecule has 2 amide bonds. The van der Waals surface area contributed by atoms with Crippen LogP contribution in [0.15, 0.2) is 0 Å². The Bertz CT molecular complexity index is 370. The average Bonchev–Trinajstić information content (AvgIpc) is 2.47. The van der Waals surface area contributed by atoms with Crippen LogP contribution in [0, 0.1) is 11.8 Å². The Morgan fingerprint density at radius 2 is 1.57 bits per heavy atom. The highest BCUT2D eigenvalue weighted by molar-refractivity contribution is 5.74. The van der Waals surface area contributed by atoms with Gasteiger partial charge < -0.3 is 15.3 Å². The zero-order valence-electron chi connectivity index (χ0n) is 13.2. The van der Waals surface area contributed by atoms with Crippen LogP contribution >= 0.6 is 0 Å². The zero-order chi connectivity index (χ0) is 15.4. The molecule has 0 spiro atoms. The smallest absolute Gasteiger partial charge is 0.317 e. The van der Waals surface area contributed by atoms with E-state index in [9.17, 15) is 9.59 Å². The molecule has 0 radical (unpaired) electrons. The molecule has 120 valence electrons. The summed E-state index contributed by atoms with van der Waals surface area (Å²) in [4.78, 5) is 25.1. The van der Waals surface area contributed by atoms with Crippen LogP contribution in [0.3, 0.4) is 0 Å². The van der Waals surface area contributed by atoms with E-state index < -0.39 is 5.97 Å². The minimum absolute atomic E-state index is 0.00771. The second kappa shape index (κ2) is 7.14. The maximum atomic E-state index is 12.3. The first-order valence-electron chi connectivity index (χ1n) is 8.23. The number of rotatable bonds is 3. The second-order valence-corrected chi connectivity index (χ2v) is 6.86. The fourth-order valence-electron chi connectivity index (χ4n) is 3.56. The minimum Gasteiger partial charge on any atom is -0.481 e. The van der Waals surface area contributed by atoms with E-state index >= 15 is 0 Å². The van der Waals surface area contributed by atoms with Gasteiger partial charge in [-0.2, -0.15) is 0 Å². The van der Waals surface area contributed by atoms with Gasteiger partial charge in [0.25, 0.3) is 0 Å². The van der Waals surface area contributed by atoms with Gasteiger partial charge in [-0.15, -0.1) is 0 Å². The number of hydrogen-bond donors (Lipinski definition) is 2. The lowest BCUT2D eigenvalue weighted by Gasteiger charge is -2.35. The van der Waals surface area contributed by atoms with Gasteiger partial charge in [-0.1, -0.05) is 6.92 Å². The lowest BCUT2D eigenvalue weighted by Crippen LogP contribution is -2.49. The van der Waals surface area contributed by atoms with Crippen LogP contribution in [-0.2, 0) is 4.79 Å². The van der Waals surface area contributed by atoms with Gasteiger partial charge in [-0.05, 0) is 57.3 Å². The SMILES string of the molecule is CC1CCC(N(C)C(=O)NC2CCC(C(=O)O)CC2)CC1. The number of carboxylic acids is 1. The molecule has 2 aliphatic carbocycles. The summed E-state index contributed by atoms with van der Waals surface area (Å²) in [5, 5.41) is 12.1. The predicted molar refractivity (Wildman–Crippen MR) is 81.1 cm³/mol. The molecule has 2 fully saturated rings. The molecule has 2 saturated carbocycles. The molecule has 0 bridgehead atoms. The Hall–Kier alpha value is -1.26. The van der Waals surface area contributed by atoms with Crippen LogP contribution in [0.4, 0.5) is 4.79 Å². The molecule has 2 rings (SSSR count). The van der Waals surface area contributed by atoms with Crippen LogP contribution in [-0.4, -0.2) is 41.1 Å². The quantitative estimate of drug-likeness (QED) is 0.841. The van der Waals surface area contributed by atoms with Gasteiger partial charge in [0.05, 0.1) is 5.92 Å². The summed E-state index contributed by atoms with van der Waals surface area (Å²) in [6, 6.07) is 0.503. The molecule has 0 unspecified atom stereocenters. The Morgan fingerprint density at radius 3 is 2.10 bits per heavy atom. The van der Waals surface area contributed by atoms with Crippen molar-refractivity contribution in [1.29, 1.82) is 0 Å². The lowest BCUT2D eigenvalue weighted by atomic mass is 9.86. The van der Waals surface area contributed by atoms with Crippen molar-refractivity contribution in [1.82, 2.24) is 10.2 Å². The summed E-state index contributed by atoms with van der Waals surface area (Å²) in [6.45, 7) is 2.27. The first-order valence-corrected chi connectivity index (χ1v) is 8.23. The Labute approximate surface area is 127 Å². The van der Waals surface area contributed by atoms with Crippen molar-refractivity contribution in [3.8, 4) is 0 Å². The maximum Gasteiger partial charge on any atom is 0.317 e. The van der Waals surface area contributed by atoms with Crippen LogP contribution in [0.25, 0.3) is 0 Å². The number of nitrogens with zero attached hydrogens (tertiary/aromatic N) is 1. The van der Waals surface area contributed by atoms with Gasteiger partial charge in [-0.25, -0.2) is 4.79 Å². The lowest BCUT2D eigenvalue weighted by molar-refractivity contribution is -0.142. The third kappa shape index (κ3) is 4.35. The molecule has 5 nitrogen and oxygen atoms in total. The Morgan fingerprint density at radius 1 is 1.00 bits per heavy atom. The molecule has 5 heteroatoms. The number of carbonyl (C=O) groups excluding carboxylic acids is 1. The molecule has 0 aromatic rings. The summed E-state index contributed by atoms with van der Waals surface area (Å²) >= 11 is 0. The summed E-state index contributed by atoms with van der Waals surface area (Å²) < 4.78 is 0. The van der Waals surface area contributed by atoms with E-state index in [1.165, 1.54) is 12.8 Å². The highest BCUT2D eigenvalue weighted by atomic mass is 16.4. The van der Waals surface area contributed by atoms with Gasteiger partial charge in [0.15, 0.2) is 0 Å². The first-order chi connectivity index (χ1) is 9.97. The molecule has 21 heavy (non-hydrogen) atoms. The average molecular weight is 296 g/mol. The van der Waals surface area contributed by atoms with E-state index in [2.05, 4.69) is 12.2 Å². The number of urea groups is 1. The van der Waals surface area contributed by atoms with Gasteiger partial charge >= 0.3 is 12.0 Å². The fraction of sp³-hybridized carbons (Fsp3) is 0.875. The molecule has 0 aliphatic heterocycles. The van der Waals surface area contributed by atoms with Crippen molar-refractivity contribution in [3.05, 3.63) is 0 Å². The van der Waals surface area contributed by atoms with Crippen LogP contribution in [0.5, 0.6) is 0 Å². The van der Waals surface area contributed by atoms with Crippen LogP contribution in [0.2, 0.25) is 0 Å². The third-order valence-electron chi connectivity index (χ3n) is 5.26. The third-order valence-corrected chi connectivity index (χ3v) is 5.26. The predicted octanol–water partition coefficient (Wildman–Crippen LogP) is 2.85. The zero-order valence-corrected chi connectivity index (χ0v) is 13.2. The summed E-state index contributed by atoms with van der Waals surface area (Å²) in [7, 11) is 1.89. The number of hydrogen-bond acceptors (Lipinski definition) is 2. The topological polar surface area (TPSA) is 69.6 Å². The molecule has 2 N–H and O–H groups in total. The molecule has 2 aliphatic rings. The van der Waals surface area contributed by atoms with E-state index in [0.29, 0.717) is 18.9 Å². The number of nitrogens with one attached hydrogen (secondary N) is 1. The van der Waals surface area contributed by atoms with Crippen molar-refractivity contribution >= 4 is 12.0 Å². The Kier molecular flexibility index (Phi) is 5.48. The monoisotopic (exact) mass is 296 g/mol. The van der Waals surface area contributed by atoms with Crippen molar-refractivity contribution in [2.24, 2.45) is 11.8 Å². The van der Waals surface area contributed by atoms with Gasteiger partial charge in [0.1, 0.15) is 0 Å². The van der Waals surface area contributed by atoms with E-state index in [1.54, 1.807) is 0 Å². The molecule has 0 saturated heterocycles. The second-order valence-electron chi connectivity index (χ2n) is 6.86. The van der Waals surface area contributed by atoms with Crippen molar-refractivity contribution in [2.75, 3.05) is 7.05 Å². The molecule has 0 heterocycles. The normalized spacial score (nSPS) is 33.2. The largest absolute Gasteiger partial charge is 0.481 e. The van der Waals surface area contributed by atoms with E-state index in [0.717, 1.165) is 31.6 Å². The summed E-state index contributed by atoms with van der Waals surface area (Å²) in [5.41, 5.74) is 0. The molecular weight excluding hydrogens is 268 g/mol. The number of carboxylic acid groups (broad SMARTS) is 1. The highest BCUT2D eigenvalue weighted by Gasteiger charge is 2.29. The molecule has 0 atom stereocenters. The number of carbonyl (C=O) groups is 2. The minimum atomic E-state index is -0.701. The number of aliphatic carboxylic acids is 1. The molecule has 0 aromatic heterocycles. The highest BCUT2D eigenvalue weighted by Crippen LogP contribution is 2.27. The summed E-state index contributed by atoms with van der Waals surface area (Å²) in [6.07, 6.45) is 7.48. The van der Waals surface area contributed by atoms with Gasteiger partial charge in [0.2, 0.25) is 0 Å². The van der Waals surface area contributed by atoms with Crippen molar-refractivity contribution in [2.45, 2.75) is 70.4 Å². The molecule has 0 aromatic carbocycles. The summed E-state index contributed by atoms with van der Waals surface area (Å²) in [5.74, 6) is -0.145. The fourth-order valence-corrected chi connectivity index (χ4v) is 3.56. The Balaban J connectivity index is 1.75. The van der Waals surface area contributed by atoms with Crippen molar-refractivity contribution in [3.63, 3.8) is 0 Å². The standard InChI is InChI=1S/C16H28N2O3/c1-11-3-9-14(10-4-11)18(2)16(21)17-13-7-5-12(6-8-13)15(19)20/h11-14H,3-10H2,1-2H3,(H,17,21)(H,19,20). The van der Waals surface area contributed by atoms with Crippen LogP contribution in [0.1, 0.15) is 58.3 Å². The van der Waals surface area contributed by atoms with E-state index in [1.807, 2.05) is 11.9 Å². The van der Waals surface area contributed by atoms with E-state index in [4.69, 9.17) is 5.11 Å². The van der Waals surface area contributed by atoms with E-state index in [-0.39, 0.29) is 18.0 Å². The van der Waals surface area contributed by atoms with Gasteiger partial charge in [-0.3, -0.25) is 4.79 Å². The van der Waals surface area contributed by atoms with Crippen molar-refractivity contribution < 1.29 is 14.7 Å². The first kappa shape index (κ1) is 16.1. The number of amides is 2.